The third kappa shape index (κ3) is 3.29. The van der Waals surface area contributed by atoms with Crippen molar-refractivity contribution in [3.63, 3.8) is 0 Å². The van der Waals surface area contributed by atoms with Gasteiger partial charge in [0.25, 0.3) is 0 Å². The lowest BCUT2D eigenvalue weighted by Crippen LogP contribution is -1.96. The van der Waals surface area contributed by atoms with Crippen molar-refractivity contribution in [2.45, 2.75) is 6.92 Å². The SMILES string of the molecule is CC(=O)OC(=Cc1ccccc1)c1cccs1. The van der Waals surface area contributed by atoms with E-state index in [9.17, 15) is 4.79 Å². The zero-order valence-electron chi connectivity index (χ0n) is 9.42. The molecule has 1 aromatic carbocycles. The first-order valence-electron chi connectivity index (χ1n) is 5.25. The first kappa shape index (κ1) is 11.6. The normalized spacial score (nSPS) is 11.2. The Kier molecular flexibility index (Phi) is 3.73. The molecule has 17 heavy (non-hydrogen) atoms. The van der Waals surface area contributed by atoms with Gasteiger partial charge in [-0.15, -0.1) is 11.3 Å². The minimum Gasteiger partial charge on any atom is -0.425 e. The third-order valence-corrected chi connectivity index (χ3v) is 3.00. The van der Waals surface area contributed by atoms with Crippen LogP contribution in [0.25, 0.3) is 11.8 Å². The Morgan fingerprint density at radius 2 is 1.94 bits per heavy atom. The second-order valence-corrected chi connectivity index (χ2v) is 4.44. The van der Waals surface area contributed by atoms with Gasteiger partial charge in [0, 0.05) is 6.92 Å². The van der Waals surface area contributed by atoms with Gasteiger partial charge in [-0.05, 0) is 23.1 Å². The fourth-order valence-electron chi connectivity index (χ4n) is 1.43. The van der Waals surface area contributed by atoms with E-state index in [1.165, 1.54) is 6.92 Å². The van der Waals surface area contributed by atoms with Gasteiger partial charge in [0.1, 0.15) is 5.76 Å². The van der Waals surface area contributed by atoms with Crippen LogP contribution < -0.4 is 0 Å². The zero-order chi connectivity index (χ0) is 12.1. The number of hydrogen-bond acceptors (Lipinski definition) is 3. The lowest BCUT2D eigenvalue weighted by molar-refractivity contribution is -0.134. The van der Waals surface area contributed by atoms with Crippen LogP contribution in [-0.2, 0) is 9.53 Å². The van der Waals surface area contributed by atoms with Crippen molar-refractivity contribution < 1.29 is 9.53 Å². The van der Waals surface area contributed by atoms with Gasteiger partial charge >= 0.3 is 5.97 Å². The topological polar surface area (TPSA) is 26.3 Å². The summed E-state index contributed by atoms with van der Waals surface area (Å²) in [6.07, 6.45) is 1.87. The number of ether oxygens (including phenoxy) is 1. The van der Waals surface area contributed by atoms with Crippen LogP contribution in [0.15, 0.2) is 47.8 Å². The molecule has 0 saturated carbocycles. The first-order chi connectivity index (χ1) is 8.25. The largest absolute Gasteiger partial charge is 0.425 e. The molecule has 0 spiro atoms. The number of carbonyl (C=O) groups is 1. The van der Waals surface area contributed by atoms with Crippen LogP contribution in [0.1, 0.15) is 17.4 Å². The molecule has 0 atom stereocenters. The smallest absolute Gasteiger partial charge is 0.308 e. The summed E-state index contributed by atoms with van der Waals surface area (Å²) >= 11 is 1.55. The summed E-state index contributed by atoms with van der Waals surface area (Å²) in [6.45, 7) is 1.41. The molecule has 0 fully saturated rings. The predicted molar refractivity (Wildman–Crippen MR) is 70.4 cm³/mol. The van der Waals surface area contributed by atoms with Gasteiger partial charge in [-0.3, -0.25) is 4.79 Å². The Labute approximate surface area is 104 Å². The number of thiophene rings is 1. The van der Waals surface area contributed by atoms with E-state index < -0.39 is 0 Å². The maximum absolute atomic E-state index is 11.1. The molecule has 0 aliphatic carbocycles. The van der Waals surface area contributed by atoms with Gasteiger partial charge in [0.2, 0.25) is 0 Å². The molecule has 0 N–H and O–H groups in total. The monoisotopic (exact) mass is 244 g/mol. The molecule has 0 aliphatic heterocycles. The van der Waals surface area contributed by atoms with E-state index in [-0.39, 0.29) is 5.97 Å². The Balaban J connectivity index is 2.34. The lowest BCUT2D eigenvalue weighted by Gasteiger charge is -2.04. The summed E-state index contributed by atoms with van der Waals surface area (Å²) < 4.78 is 5.23. The predicted octanol–water partition coefficient (Wildman–Crippen LogP) is 3.81. The summed E-state index contributed by atoms with van der Waals surface area (Å²) in [6, 6.07) is 13.7. The van der Waals surface area contributed by atoms with Crippen molar-refractivity contribution in [2.75, 3.05) is 0 Å². The van der Waals surface area contributed by atoms with E-state index in [1.54, 1.807) is 11.3 Å². The Morgan fingerprint density at radius 3 is 2.53 bits per heavy atom. The standard InChI is InChI=1S/C14H12O2S/c1-11(15)16-13(14-8-5-9-17-14)10-12-6-3-2-4-7-12/h2-10H,1H3. The summed E-state index contributed by atoms with van der Waals surface area (Å²) in [5, 5.41) is 1.96. The number of carbonyl (C=O) groups excluding carboxylic acids is 1. The molecule has 1 aromatic heterocycles. The number of benzene rings is 1. The molecule has 3 heteroatoms. The van der Waals surface area contributed by atoms with Crippen molar-refractivity contribution >= 4 is 29.1 Å². The fraction of sp³-hybridized carbons (Fsp3) is 0.0714. The lowest BCUT2D eigenvalue weighted by atomic mass is 10.2. The summed E-state index contributed by atoms with van der Waals surface area (Å²) in [5.41, 5.74) is 1.01. The van der Waals surface area contributed by atoms with Crippen LogP contribution in [0.5, 0.6) is 0 Å². The van der Waals surface area contributed by atoms with Crippen molar-refractivity contribution in [2.24, 2.45) is 0 Å². The second-order valence-electron chi connectivity index (χ2n) is 3.49. The summed E-state index contributed by atoms with van der Waals surface area (Å²) in [5.74, 6) is 0.291. The van der Waals surface area contributed by atoms with Gasteiger partial charge in [0.05, 0.1) is 4.88 Å². The highest BCUT2D eigenvalue weighted by Gasteiger charge is 2.07. The van der Waals surface area contributed by atoms with Gasteiger partial charge in [-0.1, -0.05) is 36.4 Å². The molecule has 0 aliphatic rings. The maximum atomic E-state index is 11.1. The van der Waals surface area contributed by atoms with E-state index in [0.717, 1.165) is 10.4 Å². The van der Waals surface area contributed by atoms with E-state index in [1.807, 2.05) is 53.9 Å². The molecule has 86 valence electrons. The highest BCUT2D eigenvalue weighted by Crippen LogP contribution is 2.24. The molecule has 1 heterocycles. The minimum atomic E-state index is -0.305. The van der Waals surface area contributed by atoms with Gasteiger partial charge in [-0.25, -0.2) is 0 Å². The highest BCUT2D eigenvalue weighted by molar-refractivity contribution is 7.11. The van der Waals surface area contributed by atoms with Crippen LogP contribution in [0.2, 0.25) is 0 Å². The number of rotatable bonds is 3. The van der Waals surface area contributed by atoms with Crippen LogP contribution >= 0.6 is 11.3 Å². The zero-order valence-corrected chi connectivity index (χ0v) is 10.2. The highest BCUT2D eigenvalue weighted by atomic mass is 32.1. The van der Waals surface area contributed by atoms with Gasteiger partial charge in [0.15, 0.2) is 0 Å². The summed E-state index contributed by atoms with van der Waals surface area (Å²) in [4.78, 5) is 12.0. The number of esters is 1. The Bertz CT molecular complexity index is 512. The van der Waals surface area contributed by atoms with Crippen molar-refractivity contribution in [3.05, 3.63) is 58.3 Å². The Hall–Kier alpha value is -1.87. The maximum Gasteiger partial charge on any atom is 0.308 e. The van der Waals surface area contributed by atoms with E-state index >= 15 is 0 Å². The molecular formula is C14H12O2S. The van der Waals surface area contributed by atoms with E-state index in [0.29, 0.717) is 5.76 Å². The quantitative estimate of drug-likeness (QED) is 0.606. The average molecular weight is 244 g/mol. The van der Waals surface area contributed by atoms with Crippen LogP contribution in [0, 0.1) is 0 Å². The second kappa shape index (κ2) is 5.46. The van der Waals surface area contributed by atoms with E-state index in [4.69, 9.17) is 4.74 Å². The minimum absolute atomic E-state index is 0.305. The molecule has 2 rings (SSSR count). The first-order valence-corrected chi connectivity index (χ1v) is 6.13. The molecule has 2 aromatic rings. The molecule has 0 radical (unpaired) electrons. The molecule has 2 nitrogen and oxygen atoms in total. The van der Waals surface area contributed by atoms with Crippen LogP contribution in [0.3, 0.4) is 0 Å². The van der Waals surface area contributed by atoms with Gasteiger partial charge < -0.3 is 4.74 Å². The third-order valence-electron chi connectivity index (χ3n) is 2.12. The molecule has 0 unspecified atom stereocenters. The van der Waals surface area contributed by atoms with E-state index in [2.05, 4.69) is 0 Å². The fourth-order valence-corrected chi connectivity index (χ4v) is 2.10. The summed E-state index contributed by atoms with van der Waals surface area (Å²) in [7, 11) is 0. The Morgan fingerprint density at radius 1 is 1.18 bits per heavy atom. The number of hydrogen-bond donors (Lipinski definition) is 0. The molecular weight excluding hydrogens is 232 g/mol. The molecule has 0 amide bonds. The van der Waals surface area contributed by atoms with Gasteiger partial charge in [-0.2, -0.15) is 0 Å². The van der Waals surface area contributed by atoms with Crippen molar-refractivity contribution in [1.82, 2.24) is 0 Å². The van der Waals surface area contributed by atoms with Crippen LogP contribution in [-0.4, -0.2) is 5.97 Å². The van der Waals surface area contributed by atoms with Crippen molar-refractivity contribution in [3.8, 4) is 0 Å². The molecule has 0 bridgehead atoms. The molecule has 0 saturated heterocycles. The van der Waals surface area contributed by atoms with Crippen LogP contribution in [0.4, 0.5) is 0 Å². The van der Waals surface area contributed by atoms with Crippen molar-refractivity contribution in [1.29, 1.82) is 0 Å². The average Bonchev–Trinajstić information content (AvgIpc) is 2.82.